The molecule has 0 spiro atoms. The number of nitrogens with zero attached hydrogens (tertiary/aromatic N) is 1. The molecule has 2 aliphatic rings. The summed E-state index contributed by atoms with van der Waals surface area (Å²) in [6, 6.07) is 14.5. The molecule has 0 bridgehead atoms. The van der Waals surface area contributed by atoms with Gasteiger partial charge in [0.1, 0.15) is 11.6 Å². The van der Waals surface area contributed by atoms with Crippen molar-refractivity contribution in [3.05, 3.63) is 59.9 Å². The lowest BCUT2D eigenvalue weighted by Crippen LogP contribution is -2.44. The molecule has 0 saturated carbocycles. The number of amides is 1. The number of piperidine rings is 1. The van der Waals surface area contributed by atoms with E-state index in [1.165, 1.54) is 37.9 Å². The van der Waals surface area contributed by atoms with E-state index in [1.54, 1.807) is 12.1 Å². The van der Waals surface area contributed by atoms with Crippen LogP contribution in [0.15, 0.2) is 48.5 Å². The third-order valence-electron chi connectivity index (χ3n) is 7.09. The van der Waals surface area contributed by atoms with Crippen LogP contribution in [0.1, 0.15) is 51.0 Å². The Hall–Kier alpha value is -2.44. The van der Waals surface area contributed by atoms with E-state index in [2.05, 4.69) is 17.1 Å². The van der Waals surface area contributed by atoms with Gasteiger partial charge in [0, 0.05) is 31.5 Å². The van der Waals surface area contributed by atoms with E-state index >= 15 is 0 Å². The number of likely N-dealkylation sites (tertiary alicyclic amines) is 1. The molecule has 2 fully saturated rings. The van der Waals surface area contributed by atoms with Crippen LogP contribution >= 0.6 is 0 Å². The standard InChI is InChI=1S/C27H35FN2O3/c1-21-5-2-3-16-30(21)17-4-18-33-25-12-10-24(11-13-25)29-26(31)27(14-19-32-20-15-27)22-6-8-23(28)9-7-22/h6-13,21H,2-5,14-20H2,1H3,(H,29,31)/t21-/m0/s1. The van der Waals surface area contributed by atoms with Crippen LogP contribution in [-0.2, 0) is 14.9 Å². The fourth-order valence-electron chi connectivity index (χ4n) is 4.97. The monoisotopic (exact) mass is 454 g/mol. The predicted octanol–water partition coefficient (Wildman–Crippen LogP) is 5.16. The molecule has 0 radical (unpaired) electrons. The molecule has 2 aromatic carbocycles. The number of carbonyl (C=O) groups excluding carboxylic acids is 1. The average molecular weight is 455 g/mol. The molecular weight excluding hydrogens is 419 g/mol. The van der Waals surface area contributed by atoms with Gasteiger partial charge in [-0.2, -0.15) is 0 Å². The summed E-state index contributed by atoms with van der Waals surface area (Å²) >= 11 is 0. The van der Waals surface area contributed by atoms with Crippen molar-refractivity contribution in [2.75, 3.05) is 38.2 Å². The molecule has 5 nitrogen and oxygen atoms in total. The third kappa shape index (κ3) is 5.92. The molecular formula is C27H35FN2O3. The molecule has 2 aliphatic heterocycles. The van der Waals surface area contributed by atoms with Crippen LogP contribution in [0.4, 0.5) is 10.1 Å². The number of hydrogen-bond donors (Lipinski definition) is 1. The molecule has 2 aromatic rings. The number of anilines is 1. The van der Waals surface area contributed by atoms with Crippen molar-refractivity contribution < 1.29 is 18.7 Å². The SMILES string of the molecule is C[C@H]1CCCCN1CCCOc1ccc(NC(=O)C2(c3ccc(F)cc3)CCOCC2)cc1. The van der Waals surface area contributed by atoms with Crippen molar-refractivity contribution >= 4 is 11.6 Å². The van der Waals surface area contributed by atoms with Crippen LogP contribution in [0, 0.1) is 5.82 Å². The van der Waals surface area contributed by atoms with Crippen LogP contribution in [0.3, 0.4) is 0 Å². The summed E-state index contributed by atoms with van der Waals surface area (Å²) in [5, 5.41) is 3.06. The maximum Gasteiger partial charge on any atom is 0.235 e. The first-order valence-corrected chi connectivity index (χ1v) is 12.2. The zero-order chi connectivity index (χ0) is 23.1. The van der Waals surface area contributed by atoms with Gasteiger partial charge in [-0.25, -0.2) is 4.39 Å². The summed E-state index contributed by atoms with van der Waals surface area (Å²) in [7, 11) is 0. The van der Waals surface area contributed by atoms with E-state index in [0.717, 1.165) is 30.0 Å². The second kappa shape index (κ2) is 11.1. The van der Waals surface area contributed by atoms with E-state index in [-0.39, 0.29) is 11.7 Å². The first-order chi connectivity index (χ1) is 16.1. The van der Waals surface area contributed by atoms with Crippen LogP contribution in [-0.4, -0.2) is 49.8 Å². The Morgan fingerprint density at radius 1 is 1.12 bits per heavy atom. The number of nitrogens with one attached hydrogen (secondary N) is 1. The van der Waals surface area contributed by atoms with Crippen molar-refractivity contribution in [2.24, 2.45) is 0 Å². The van der Waals surface area contributed by atoms with Crippen LogP contribution in [0.25, 0.3) is 0 Å². The van der Waals surface area contributed by atoms with Gasteiger partial charge in [-0.15, -0.1) is 0 Å². The topological polar surface area (TPSA) is 50.8 Å². The summed E-state index contributed by atoms with van der Waals surface area (Å²) in [6.07, 6.45) is 6.08. The molecule has 178 valence electrons. The fraction of sp³-hybridized carbons (Fsp3) is 0.519. The zero-order valence-electron chi connectivity index (χ0n) is 19.5. The summed E-state index contributed by atoms with van der Waals surface area (Å²) < 4.78 is 24.9. The van der Waals surface area contributed by atoms with Gasteiger partial charge in [-0.1, -0.05) is 18.6 Å². The largest absolute Gasteiger partial charge is 0.494 e. The molecule has 1 atom stereocenters. The van der Waals surface area contributed by atoms with Gasteiger partial charge < -0.3 is 19.7 Å². The molecule has 0 aromatic heterocycles. The number of benzene rings is 2. The summed E-state index contributed by atoms with van der Waals surface area (Å²) in [5.74, 6) is 0.420. The highest BCUT2D eigenvalue weighted by Crippen LogP contribution is 2.36. The number of hydrogen-bond acceptors (Lipinski definition) is 4. The van der Waals surface area contributed by atoms with Crippen LogP contribution in [0.5, 0.6) is 5.75 Å². The van der Waals surface area contributed by atoms with Crippen molar-refractivity contribution in [3.8, 4) is 5.75 Å². The average Bonchev–Trinajstić information content (AvgIpc) is 2.84. The van der Waals surface area contributed by atoms with Crippen molar-refractivity contribution in [1.82, 2.24) is 4.90 Å². The predicted molar refractivity (Wildman–Crippen MR) is 128 cm³/mol. The lowest BCUT2D eigenvalue weighted by atomic mass is 9.73. The Morgan fingerprint density at radius 3 is 2.55 bits per heavy atom. The maximum absolute atomic E-state index is 13.4. The summed E-state index contributed by atoms with van der Waals surface area (Å²) in [6.45, 7) is 6.28. The van der Waals surface area contributed by atoms with Crippen molar-refractivity contribution in [3.63, 3.8) is 0 Å². The van der Waals surface area contributed by atoms with Gasteiger partial charge in [-0.3, -0.25) is 4.79 Å². The van der Waals surface area contributed by atoms with Gasteiger partial charge in [-0.05, 0) is 87.5 Å². The Balaban J connectivity index is 1.31. The molecule has 0 aliphatic carbocycles. The van der Waals surface area contributed by atoms with Gasteiger partial charge >= 0.3 is 0 Å². The van der Waals surface area contributed by atoms with Gasteiger partial charge in [0.15, 0.2) is 0 Å². The highest BCUT2D eigenvalue weighted by molar-refractivity contribution is 5.99. The third-order valence-corrected chi connectivity index (χ3v) is 7.09. The summed E-state index contributed by atoms with van der Waals surface area (Å²) in [4.78, 5) is 15.9. The van der Waals surface area contributed by atoms with Gasteiger partial charge in [0.25, 0.3) is 0 Å². The minimum absolute atomic E-state index is 0.0817. The van der Waals surface area contributed by atoms with E-state index in [9.17, 15) is 9.18 Å². The van der Waals surface area contributed by atoms with E-state index in [1.807, 2.05) is 24.3 Å². The maximum atomic E-state index is 13.4. The Bertz CT molecular complexity index is 895. The summed E-state index contributed by atoms with van der Waals surface area (Å²) in [5.41, 5.74) is 0.835. The first-order valence-electron chi connectivity index (χ1n) is 12.2. The molecule has 1 N–H and O–H groups in total. The molecule has 1 amide bonds. The lowest BCUT2D eigenvalue weighted by molar-refractivity contribution is -0.125. The van der Waals surface area contributed by atoms with Crippen molar-refractivity contribution in [2.45, 2.75) is 56.9 Å². The smallest absolute Gasteiger partial charge is 0.235 e. The quantitative estimate of drug-likeness (QED) is 0.560. The molecule has 0 unspecified atom stereocenters. The minimum Gasteiger partial charge on any atom is -0.494 e. The van der Waals surface area contributed by atoms with E-state index in [0.29, 0.717) is 38.7 Å². The fourth-order valence-corrected chi connectivity index (χ4v) is 4.97. The van der Waals surface area contributed by atoms with E-state index < -0.39 is 5.41 Å². The van der Waals surface area contributed by atoms with Gasteiger partial charge in [0.2, 0.25) is 5.91 Å². The van der Waals surface area contributed by atoms with Crippen LogP contribution < -0.4 is 10.1 Å². The number of ether oxygens (including phenoxy) is 2. The minimum atomic E-state index is -0.716. The van der Waals surface area contributed by atoms with Crippen molar-refractivity contribution in [1.29, 1.82) is 0 Å². The number of carbonyl (C=O) groups is 1. The molecule has 33 heavy (non-hydrogen) atoms. The Kier molecular flexibility index (Phi) is 7.99. The molecule has 2 saturated heterocycles. The Morgan fingerprint density at radius 2 is 1.85 bits per heavy atom. The zero-order valence-corrected chi connectivity index (χ0v) is 19.5. The highest BCUT2D eigenvalue weighted by Gasteiger charge is 2.41. The second-order valence-corrected chi connectivity index (χ2v) is 9.26. The van der Waals surface area contributed by atoms with E-state index in [4.69, 9.17) is 9.47 Å². The molecule has 6 heteroatoms. The van der Waals surface area contributed by atoms with Gasteiger partial charge in [0.05, 0.1) is 12.0 Å². The number of halogens is 1. The lowest BCUT2D eigenvalue weighted by Gasteiger charge is -2.36. The normalized spacial score (nSPS) is 20.8. The van der Waals surface area contributed by atoms with Crippen LogP contribution in [0.2, 0.25) is 0 Å². The molecule has 4 rings (SSSR count). The highest BCUT2D eigenvalue weighted by atomic mass is 19.1. The Labute approximate surface area is 196 Å². The number of rotatable bonds is 8. The molecule has 2 heterocycles. The first kappa shape index (κ1) is 23.7. The second-order valence-electron chi connectivity index (χ2n) is 9.26.